The highest BCUT2D eigenvalue weighted by Crippen LogP contribution is 2.38. The summed E-state index contributed by atoms with van der Waals surface area (Å²) in [4.78, 5) is 45.7. The molecule has 0 bridgehead atoms. The summed E-state index contributed by atoms with van der Waals surface area (Å²) in [6.45, 7) is 2.94. The summed E-state index contributed by atoms with van der Waals surface area (Å²) in [6, 6.07) is 10.5. The molecule has 4 aromatic rings. The molecule has 43 heavy (non-hydrogen) atoms. The highest BCUT2D eigenvalue weighted by Gasteiger charge is 2.40. The maximum absolute atomic E-state index is 13.7. The lowest BCUT2D eigenvalue weighted by atomic mass is 10.1. The van der Waals surface area contributed by atoms with E-state index in [1.54, 1.807) is 29.4 Å². The van der Waals surface area contributed by atoms with E-state index in [1.807, 2.05) is 42.8 Å². The molecule has 1 saturated heterocycles. The van der Waals surface area contributed by atoms with E-state index in [1.165, 1.54) is 18.4 Å². The lowest BCUT2D eigenvalue weighted by Gasteiger charge is -2.27. The number of carbonyl (C=O) groups is 3. The molecule has 9 nitrogen and oxygen atoms in total. The molecule has 0 unspecified atom stereocenters. The number of nitrogens with one attached hydrogen (secondary N) is 1. The summed E-state index contributed by atoms with van der Waals surface area (Å²) in [5, 5.41) is 5.06. The van der Waals surface area contributed by atoms with Gasteiger partial charge in [0, 0.05) is 53.4 Å². The van der Waals surface area contributed by atoms with E-state index in [0.717, 1.165) is 20.8 Å². The van der Waals surface area contributed by atoms with Gasteiger partial charge in [0.2, 0.25) is 5.91 Å². The van der Waals surface area contributed by atoms with Gasteiger partial charge in [-0.25, -0.2) is 4.98 Å². The average molecular weight is 644 g/mol. The van der Waals surface area contributed by atoms with Crippen LogP contribution in [-0.4, -0.2) is 58.6 Å². The first kappa shape index (κ1) is 31.0. The summed E-state index contributed by atoms with van der Waals surface area (Å²) in [7, 11) is 3.25. The number of carbonyl (C=O) groups excluding carboxylic acids is 3. The Bertz CT molecular complexity index is 1670. The fraction of sp³-hybridized carbons (Fsp3) is 0.355. The molecule has 2 aromatic carbocycles. The third-order valence-electron chi connectivity index (χ3n) is 7.54. The number of fused-ring (bicyclic) bond motifs is 1. The molecular formula is C31H32Cl2N4O5S. The van der Waals surface area contributed by atoms with Crippen molar-refractivity contribution >= 4 is 68.9 Å². The first-order chi connectivity index (χ1) is 20.7. The van der Waals surface area contributed by atoms with Crippen LogP contribution in [0, 0.1) is 0 Å². The molecule has 0 radical (unpaired) electrons. The first-order valence-corrected chi connectivity index (χ1v) is 15.5. The Kier molecular flexibility index (Phi) is 9.71. The Morgan fingerprint density at radius 2 is 1.95 bits per heavy atom. The van der Waals surface area contributed by atoms with Crippen LogP contribution < -0.4 is 5.32 Å². The van der Waals surface area contributed by atoms with Gasteiger partial charge in [0.05, 0.1) is 42.3 Å². The van der Waals surface area contributed by atoms with Crippen LogP contribution in [-0.2, 0) is 39.0 Å². The molecule has 2 amide bonds. The van der Waals surface area contributed by atoms with Crippen LogP contribution in [0.1, 0.15) is 51.6 Å². The zero-order valence-corrected chi connectivity index (χ0v) is 26.4. The molecular weight excluding hydrogens is 611 g/mol. The molecule has 3 heterocycles. The Balaban J connectivity index is 1.31. The first-order valence-electron chi connectivity index (χ1n) is 14.0. The lowest BCUT2D eigenvalue weighted by molar-refractivity contribution is -0.140. The number of rotatable bonds is 10. The number of ether oxygens (including phenoxy) is 2. The standard InChI is InChI=1S/C31H32Cl2N4O5S/c1-4-42-26-11-12-37(29(26)31-34-16-19(43-31)9-10-28(39)41-3)27(38)14-18-13-23(33)24(15-22(18)32)35-30(40)21-17-36(2)25-8-6-5-7-20(21)25/h5-8,13,15-17,26,29H,4,9-12,14H2,1-3H3,(H,35,40)/t26-,29-/m0/s1. The van der Waals surface area contributed by atoms with E-state index >= 15 is 0 Å². The molecule has 2 aromatic heterocycles. The van der Waals surface area contributed by atoms with Crippen molar-refractivity contribution in [3.05, 3.63) is 79.8 Å². The number of benzene rings is 2. The SMILES string of the molecule is CCO[C@H]1CCN(C(=O)Cc2cc(Cl)c(NC(=O)c3cn(C)c4ccccc34)cc2Cl)[C@@H]1c1ncc(CCC(=O)OC)s1. The second-order valence-corrected chi connectivity index (χ2v) is 12.2. The number of halogens is 2. The minimum atomic E-state index is -0.349. The third kappa shape index (κ3) is 6.72. The highest BCUT2D eigenvalue weighted by atomic mass is 35.5. The average Bonchev–Trinajstić information content (AvgIpc) is 3.72. The molecule has 226 valence electrons. The number of aromatic nitrogens is 2. The van der Waals surface area contributed by atoms with Gasteiger partial charge in [-0.05, 0) is 43.5 Å². The molecule has 2 atom stereocenters. The van der Waals surface area contributed by atoms with Gasteiger partial charge >= 0.3 is 5.97 Å². The maximum Gasteiger partial charge on any atom is 0.305 e. The van der Waals surface area contributed by atoms with Gasteiger partial charge in [-0.15, -0.1) is 11.3 Å². The van der Waals surface area contributed by atoms with Gasteiger partial charge in [-0.3, -0.25) is 14.4 Å². The normalized spacial score (nSPS) is 16.5. The van der Waals surface area contributed by atoms with Gasteiger partial charge in [0.15, 0.2) is 0 Å². The van der Waals surface area contributed by atoms with Crippen molar-refractivity contribution in [3.8, 4) is 0 Å². The Labute approximate surface area is 263 Å². The van der Waals surface area contributed by atoms with Crippen molar-refractivity contribution in [2.45, 2.75) is 44.8 Å². The van der Waals surface area contributed by atoms with E-state index in [2.05, 4.69) is 10.3 Å². The quantitative estimate of drug-likeness (QED) is 0.206. The molecule has 12 heteroatoms. The number of anilines is 1. The smallest absolute Gasteiger partial charge is 0.305 e. The summed E-state index contributed by atoms with van der Waals surface area (Å²) < 4.78 is 12.6. The molecule has 0 spiro atoms. The summed E-state index contributed by atoms with van der Waals surface area (Å²) >= 11 is 14.7. The third-order valence-corrected chi connectivity index (χ3v) is 9.33. The van der Waals surface area contributed by atoms with Crippen molar-refractivity contribution in [2.24, 2.45) is 7.05 Å². The lowest BCUT2D eigenvalue weighted by Crippen LogP contribution is -2.35. The number of thiazole rings is 1. The number of aryl methyl sites for hydroxylation is 2. The summed E-state index contributed by atoms with van der Waals surface area (Å²) in [5.74, 6) is -0.728. The largest absolute Gasteiger partial charge is 0.469 e. The highest BCUT2D eigenvalue weighted by molar-refractivity contribution is 7.11. The van der Waals surface area contributed by atoms with E-state index < -0.39 is 0 Å². The molecule has 5 rings (SSSR count). The minimum Gasteiger partial charge on any atom is -0.469 e. The van der Waals surface area contributed by atoms with Crippen molar-refractivity contribution in [1.82, 2.24) is 14.5 Å². The maximum atomic E-state index is 13.7. The Morgan fingerprint density at radius 1 is 1.16 bits per heavy atom. The van der Waals surface area contributed by atoms with Crippen molar-refractivity contribution in [2.75, 3.05) is 25.6 Å². The number of amides is 2. The van der Waals surface area contributed by atoms with Crippen molar-refractivity contribution < 1.29 is 23.9 Å². The number of hydrogen-bond donors (Lipinski definition) is 1. The van der Waals surface area contributed by atoms with Crippen LogP contribution in [0.3, 0.4) is 0 Å². The van der Waals surface area contributed by atoms with Crippen LogP contribution in [0.25, 0.3) is 10.9 Å². The van der Waals surface area contributed by atoms with Gasteiger partial charge in [-0.1, -0.05) is 41.4 Å². The second kappa shape index (κ2) is 13.5. The minimum absolute atomic E-state index is 0.0199. The summed E-state index contributed by atoms with van der Waals surface area (Å²) in [6.07, 6.45) is 4.80. The Hall–Kier alpha value is -3.44. The zero-order chi connectivity index (χ0) is 30.7. The van der Waals surface area contributed by atoms with Crippen molar-refractivity contribution in [1.29, 1.82) is 0 Å². The molecule has 1 N–H and O–H groups in total. The monoisotopic (exact) mass is 642 g/mol. The predicted molar refractivity (Wildman–Crippen MR) is 168 cm³/mol. The van der Waals surface area contributed by atoms with E-state index in [-0.39, 0.29) is 47.8 Å². The van der Waals surface area contributed by atoms with Crippen LogP contribution in [0.5, 0.6) is 0 Å². The van der Waals surface area contributed by atoms with Gasteiger partial charge < -0.3 is 24.3 Å². The van der Waals surface area contributed by atoms with Crippen molar-refractivity contribution in [3.63, 3.8) is 0 Å². The molecule has 1 aliphatic heterocycles. The topological polar surface area (TPSA) is 103 Å². The van der Waals surface area contributed by atoms with Crippen LogP contribution in [0.4, 0.5) is 5.69 Å². The fourth-order valence-electron chi connectivity index (χ4n) is 5.42. The second-order valence-electron chi connectivity index (χ2n) is 10.3. The van der Waals surface area contributed by atoms with Gasteiger partial charge in [0.25, 0.3) is 5.91 Å². The fourth-order valence-corrected chi connectivity index (χ4v) is 6.97. The van der Waals surface area contributed by atoms with Crippen LogP contribution in [0.15, 0.2) is 48.8 Å². The molecule has 0 saturated carbocycles. The molecule has 1 aliphatic rings. The zero-order valence-electron chi connectivity index (χ0n) is 24.1. The number of esters is 1. The number of methoxy groups -OCH3 is 1. The number of para-hydroxylation sites is 1. The Morgan fingerprint density at radius 3 is 2.72 bits per heavy atom. The number of hydrogen-bond acceptors (Lipinski definition) is 7. The van der Waals surface area contributed by atoms with Crippen LogP contribution in [0.2, 0.25) is 10.0 Å². The van der Waals surface area contributed by atoms with E-state index in [9.17, 15) is 14.4 Å². The van der Waals surface area contributed by atoms with Gasteiger partial charge in [0.1, 0.15) is 11.0 Å². The number of likely N-dealkylation sites (tertiary alicyclic amines) is 1. The van der Waals surface area contributed by atoms with E-state index in [0.29, 0.717) is 47.8 Å². The summed E-state index contributed by atoms with van der Waals surface area (Å²) in [5.41, 5.74) is 2.37. The molecule has 1 fully saturated rings. The molecule has 0 aliphatic carbocycles. The number of nitrogens with zero attached hydrogens (tertiary/aromatic N) is 3. The van der Waals surface area contributed by atoms with Crippen LogP contribution >= 0.6 is 34.5 Å². The van der Waals surface area contributed by atoms with Gasteiger partial charge in [-0.2, -0.15) is 0 Å². The predicted octanol–water partition coefficient (Wildman–Crippen LogP) is 6.22. The van der Waals surface area contributed by atoms with E-state index in [4.69, 9.17) is 32.7 Å².